The molecule has 1 aromatic heterocycles. The van der Waals surface area contributed by atoms with Gasteiger partial charge < -0.3 is 23.8 Å². The summed E-state index contributed by atoms with van der Waals surface area (Å²) in [6.45, 7) is 20.7. The first kappa shape index (κ1) is 29.7. The number of piperazine rings is 1. The van der Waals surface area contributed by atoms with Gasteiger partial charge in [0.2, 0.25) is 0 Å². The zero-order chi connectivity index (χ0) is 16.0. The van der Waals surface area contributed by atoms with Gasteiger partial charge in [0.25, 0.3) is 0 Å². The molecule has 1 aliphatic rings. The fraction of sp³-hybridized carbons (Fsp3) is 0.706. The number of nitrogens with zero attached hydrogens (tertiary/aromatic N) is 4. The molecule has 1 saturated heterocycles. The zero-order valence-electron chi connectivity index (χ0n) is 16.1. The van der Waals surface area contributed by atoms with Crippen molar-refractivity contribution in [1.29, 1.82) is 0 Å². The van der Waals surface area contributed by atoms with Gasteiger partial charge in [-0.1, -0.05) is 27.7 Å². The number of likely N-dealkylation sites (N-methyl/N-ethyl adjacent to an activating group) is 1. The van der Waals surface area contributed by atoms with Crippen molar-refractivity contribution in [3.05, 3.63) is 32.6 Å². The predicted molar refractivity (Wildman–Crippen MR) is 96.2 cm³/mol. The molecule has 0 aliphatic carbocycles. The first-order valence-electron chi connectivity index (χ1n) is 7.85. The minimum atomic E-state index is 0. The van der Waals surface area contributed by atoms with Crippen molar-refractivity contribution >= 4 is 0 Å². The molecule has 4 nitrogen and oxygen atoms in total. The van der Waals surface area contributed by atoms with Crippen LogP contribution < -0.4 is 0 Å². The maximum absolute atomic E-state index is 4.22. The van der Waals surface area contributed by atoms with Gasteiger partial charge in [-0.2, -0.15) is 6.92 Å². The van der Waals surface area contributed by atoms with E-state index >= 15 is 0 Å². The molecule has 0 aromatic carbocycles. The van der Waals surface area contributed by atoms with Gasteiger partial charge in [0.15, 0.2) is 0 Å². The van der Waals surface area contributed by atoms with Gasteiger partial charge in [0, 0.05) is 38.6 Å². The summed E-state index contributed by atoms with van der Waals surface area (Å²) in [4.78, 5) is 9.06. The minimum Gasteiger partial charge on any atom is -0.358 e. The molecule has 1 fully saturated rings. The van der Waals surface area contributed by atoms with Crippen LogP contribution in [0, 0.1) is 21.3 Å². The largest absolute Gasteiger partial charge is 2.00 e. The molecule has 1 radical (unpaired) electrons. The van der Waals surface area contributed by atoms with Crippen LogP contribution in [0.3, 0.4) is 0 Å². The molecule has 0 amide bonds. The van der Waals surface area contributed by atoms with Crippen LogP contribution in [0.4, 0.5) is 0 Å². The molecule has 0 atom stereocenters. The van der Waals surface area contributed by atoms with E-state index in [4.69, 9.17) is 0 Å². The number of aromatic nitrogens is 2. The molecule has 0 bridgehead atoms. The molecule has 1 aliphatic heterocycles. The number of hydrogen-bond acceptors (Lipinski definition) is 3. The van der Waals surface area contributed by atoms with Gasteiger partial charge in [0.1, 0.15) is 5.82 Å². The second kappa shape index (κ2) is 20.7. The standard InChI is InChI=1S/C10H18N4.2C2H6.C2H5.CH3.V/c1-10-11-3-4-14(10)9-13-7-5-12(2)6-8-13;3*1-2;;/h3-4H,5-9H2,1-2H3;2*1-2H3;1H2,2H3;1H3;/q;;;2*-1;+2. The Labute approximate surface area is 152 Å². The zero-order valence-corrected chi connectivity index (χ0v) is 17.5. The maximum Gasteiger partial charge on any atom is 2.00 e. The molecule has 5 heteroatoms. The summed E-state index contributed by atoms with van der Waals surface area (Å²) >= 11 is 0. The average Bonchev–Trinajstić information content (AvgIpc) is 2.93. The molecule has 0 unspecified atom stereocenters. The van der Waals surface area contributed by atoms with E-state index in [1.54, 1.807) is 6.92 Å². The predicted octanol–water partition coefficient (Wildman–Crippen LogP) is 3.74. The summed E-state index contributed by atoms with van der Waals surface area (Å²) in [6.07, 6.45) is 3.92. The normalized spacial score (nSPS) is 13.6. The number of imidazole rings is 1. The third-order valence-corrected chi connectivity index (χ3v) is 2.87. The van der Waals surface area contributed by atoms with E-state index in [1.807, 2.05) is 40.1 Å². The molecular formula is C17H38N4V. The van der Waals surface area contributed by atoms with Crippen LogP contribution >= 0.6 is 0 Å². The molecule has 0 spiro atoms. The third kappa shape index (κ3) is 12.3. The quantitative estimate of drug-likeness (QED) is 0.760. The van der Waals surface area contributed by atoms with Crippen molar-refractivity contribution in [1.82, 2.24) is 19.4 Å². The molecule has 0 N–H and O–H groups in total. The van der Waals surface area contributed by atoms with Crippen LogP contribution in [0.1, 0.15) is 40.4 Å². The van der Waals surface area contributed by atoms with Gasteiger partial charge in [-0.25, -0.2) is 4.98 Å². The first-order valence-corrected chi connectivity index (χ1v) is 7.85. The molecule has 131 valence electrons. The van der Waals surface area contributed by atoms with Crippen molar-refractivity contribution in [3.8, 4) is 0 Å². The fourth-order valence-electron chi connectivity index (χ4n) is 1.76. The van der Waals surface area contributed by atoms with Crippen LogP contribution in [-0.4, -0.2) is 52.6 Å². The van der Waals surface area contributed by atoms with Crippen LogP contribution in [0.25, 0.3) is 0 Å². The summed E-state index contributed by atoms with van der Waals surface area (Å²) in [5.74, 6) is 1.10. The molecule has 2 rings (SSSR count). The second-order valence-corrected chi connectivity index (χ2v) is 4.01. The molecular weight excluding hydrogens is 311 g/mol. The molecule has 1 aromatic rings. The van der Waals surface area contributed by atoms with Crippen LogP contribution in [0.15, 0.2) is 12.4 Å². The minimum absolute atomic E-state index is 0. The summed E-state index contributed by atoms with van der Waals surface area (Å²) in [7, 11) is 2.18. The molecule has 0 saturated carbocycles. The average molecular weight is 349 g/mol. The second-order valence-electron chi connectivity index (χ2n) is 4.01. The van der Waals surface area contributed by atoms with Crippen LogP contribution in [-0.2, 0) is 25.2 Å². The number of aryl methyl sites for hydroxylation is 1. The van der Waals surface area contributed by atoms with E-state index in [0.717, 1.165) is 25.6 Å². The SMILES string of the molecule is CC.CC.Cc1nccn1CN1CCN(C)CC1.[CH2-]C.[CH3-].[V+2]. The Morgan fingerprint density at radius 2 is 1.50 bits per heavy atom. The Morgan fingerprint density at radius 1 is 1.05 bits per heavy atom. The smallest absolute Gasteiger partial charge is 0.358 e. The van der Waals surface area contributed by atoms with E-state index in [9.17, 15) is 0 Å². The monoisotopic (exact) mass is 349 g/mol. The van der Waals surface area contributed by atoms with Crippen LogP contribution in [0.2, 0.25) is 0 Å². The molecule has 2 heterocycles. The Balaban J connectivity index is -0.000000182. The Kier molecular flexibility index (Phi) is 28.0. The van der Waals surface area contributed by atoms with Crippen molar-refractivity contribution in [2.24, 2.45) is 0 Å². The number of hydrogen-bond donors (Lipinski definition) is 0. The Morgan fingerprint density at radius 3 is 1.86 bits per heavy atom. The summed E-state index contributed by atoms with van der Waals surface area (Å²) in [6, 6.07) is 0. The topological polar surface area (TPSA) is 24.3 Å². The third-order valence-electron chi connectivity index (χ3n) is 2.87. The van der Waals surface area contributed by atoms with Gasteiger partial charge in [-0.3, -0.25) is 4.90 Å². The van der Waals surface area contributed by atoms with E-state index in [0.29, 0.717) is 0 Å². The molecule has 22 heavy (non-hydrogen) atoms. The van der Waals surface area contributed by atoms with Crippen molar-refractivity contribution < 1.29 is 18.6 Å². The van der Waals surface area contributed by atoms with Crippen molar-refractivity contribution in [3.63, 3.8) is 0 Å². The fourth-order valence-corrected chi connectivity index (χ4v) is 1.76. The van der Waals surface area contributed by atoms with E-state index in [2.05, 4.69) is 40.2 Å². The Bertz CT molecular complexity index is 295. The van der Waals surface area contributed by atoms with E-state index in [-0.39, 0.29) is 26.0 Å². The number of rotatable bonds is 2. The summed E-state index contributed by atoms with van der Waals surface area (Å²) in [5, 5.41) is 0. The van der Waals surface area contributed by atoms with Gasteiger partial charge in [-0.15, -0.1) is 0 Å². The van der Waals surface area contributed by atoms with Crippen molar-refractivity contribution in [2.75, 3.05) is 33.2 Å². The maximum atomic E-state index is 4.22. The Hall–Kier alpha value is -0.286. The van der Waals surface area contributed by atoms with Gasteiger partial charge in [0.05, 0.1) is 6.67 Å². The summed E-state index contributed by atoms with van der Waals surface area (Å²) in [5.41, 5.74) is 0. The van der Waals surface area contributed by atoms with Gasteiger partial charge >= 0.3 is 18.6 Å². The first-order chi connectivity index (χ1) is 9.75. The van der Waals surface area contributed by atoms with Crippen molar-refractivity contribution in [2.45, 2.75) is 48.2 Å². The van der Waals surface area contributed by atoms with Crippen LogP contribution in [0.5, 0.6) is 0 Å². The summed E-state index contributed by atoms with van der Waals surface area (Å²) < 4.78 is 2.20. The van der Waals surface area contributed by atoms with Gasteiger partial charge in [-0.05, 0) is 14.0 Å². The van der Waals surface area contributed by atoms with E-state index < -0.39 is 0 Å². The van der Waals surface area contributed by atoms with E-state index in [1.165, 1.54) is 13.1 Å².